The van der Waals surface area contributed by atoms with Gasteiger partial charge < -0.3 is 20.3 Å². The van der Waals surface area contributed by atoms with Gasteiger partial charge in [0.25, 0.3) is 0 Å². The first-order valence-corrected chi connectivity index (χ1v) is 35.4. The van der Waals surface area contributed by atoms with E-state index in [2.05, 4.69) is 55.6 Å². The van der Waals surface area contributed by atoms with Gasteiger partial charge >= 0.3 is 5.97 Å². The number of rotatable bonds is 66. The van der Waals surface area contributed by atoms with E-state index in [0.29, 0.717) is 19.4 Å². The number of aliphatic hydroxyl groups is 2. The minimum atomic E-state index is -0.849. The summed E-state index contributed by atoms with van der Waals surface area (Å²) in [5, 5.41) is 23.2. The third kappa shape index (κ3) is 64.8. The Hall–Kier alpha value is -2.18. The lowest BCUT2D eigenvalue weighted by Gasteiger charge is -2.20. The van der Waals surface area contributed by atoms with Gasteiger partial charge in [0.05, 0.1) is 25.4 Å². The first-order chi connectivity index (χ1) is 39.0. The van der Waals surface area contributed by atoms with Crippen LogP contribution in [0.15, 0.2) is 48.6 Å². The summed E-state index contributed by atoms with van der Waals surface area (Å²) in [6, 6.07) is -0.633. The van der Waals surface area contributed by atoms with Gasteiger partial charge in [-0.1, -0.05) is 326 Å². The highest BCUT2D eigenvalue weighted by molar-refractivity contribution is 5.76. The highest BCUT2D eigenvalue weighted by atomic mass is 16.5. The number of aliphatic hydroxyl groups excluding tert-OH is 2. The van der Waals surface area contributed by atoms with Gasteiger partial charge in [-0.05, 0) is 89.9 Å². The van der Waals surface area contributed by atoms with Crippen molar-refractivity contribution in [1.29, 1.82) is 0 Å². The molecule has 0 aliphatic carbocycles. The van der Waals surface area contributed by atoms with Gasteiger partial charge in [0.2, 0.25) is 5.91 Å². The summed E-state index contributed by atoms with van der Waals surface area (Å²) in [4.78, 5) is 24.6. The average Bonchev–Trinajstić information content (AvgIpc) is 3.45. The number of nitrogens with one attached hydrogen (secondary N) is 1. The van der Waals surface area contributed by atoms with E-state index in [0.717, 1.165) is 51.4 Å². The standard InChI is InChI=1S/C73H137NO5/c1-3-5-7-9-11-13-15-17-19-21-22-27-30-34-37-41-45-49-53-57-61-65-71(76)70(69-75)74-72(77)66-62-58-54-50-46-42-38-35-31-28-25-23-24-26-29-32-36-40-44-48-52-56-60-64-68-79-73(78)67-63-59-55-51-47-43-39-33-20-18-16-14-12-10-8-6-4-2/h12,14,18,20,25,28,61,65,70-71,75-76H,3-11,13,15-17,19,21-24,26-27,29-60,62-64,66-69H2,1-2H3,(H,74,77)/b14-12-,20-18-,28-25-,65-61+. The Morgan fingerprint density at radius 3 is 1.00 bits per heavy atom. The normalized spacial score (nSPS) is 12.8. The molecule has 2 atom stereocenters. The Morgan fingerprint density at radius 1 is 0.354 bits per heavy atom. The Bertz CT molecular complexity index is 1320. The summed E-state index contributed by atoms with van der Waals surface area (Å²) < 4.78 is 5.49. The van der Waals surface area contributed by atoms with Crippen LogP contribution in [-0.2, 0) is 14.3 Å². The zero-order valence-electron chi connectivity index (χ0n) is 53.1. The first-order valence-electron chi connectivity index (χ1n) is 35.4. The summed E-state index contributed by atoms with van der Waals surface area (Å²) in [5.41, 5.74) is 0. The minimum absolute atomic E-state index is 0.00453. The molecule has 6 nitrogen and oxygen atoms in total. The van der Waals surface area contributed by atoms with Crippen molar-refractivity contribution < 1.29 is 24.5 Å². The van der Waals surface area contributed by atoms with Crippen molar-refractivity contribution in [2.24, 2.45) is 0 Å². The maximum atomic E-state index is 12.5. The molecule has 2 unspecified atom stereocenters. The van der Waals surface area contributed by atoms with Crippen LogP contribution in [0.25, 0.3) is 0 Å². The van der Waals surface area contributed by atoms with E-state index in [1.54, 1.807) is 6.08 Å². The van der Waals surface area contributed by atoms with Gasteiger partial charge in [0.1, 0.15) is 0 Å². The quantitative estimate of drug-likeness (QED) is 0.0320. The minimum Gasteiger partial charge on any atom is -0.466 e. The smallest absolute Gasteiger partial charge is 0.305 e. The number of hydrogen-bond donors (Lipinski definition) is 3. The highest BCUT2D eigenvalue weighted by Crippen LogP contribution is 2.18. The fourth-order valence-electron chi connectivity index (χ4n) is 10.9. The fraction of sp³-hybridized carbons (Fsp3) is 0.863. The number of esters is 1. The monoisotopic (exact) mass is 1110 g/mol. The second-order valence-electron chi connectivity index (χ2n) is 24.2. The van der Waals surface area contributed by atoms with Crippen LogP contribution in [0.3, 0.4) is 0 Å². The van der Waals surface area contributed by atoms with E-state index in [1.807, 2.05) is 6.08 Å². The van der Waals surface area contributed by atoms with E-state index in [4.69, 9.17) is 4.74 Å². The number of carbonyl (C=O) groups excluding carboxylic acids is 2. The van der Waals surface area contributed by atoms with Crippen LogP contribution in [-0.4, -0.2) is 47.4 Å². The molecular weight excluding hydrogens is 971 g/mol. The van der Waals surface area contributed by atoms with Gasteiger partial charge in [-0.15, -0.1) is 0 Å². The lowest BCUT2D eigenvalue weighted by atomic mass is 10.0. The SMILES string of the molecule is CCCCC/C=C\C/C=C\CCCCCCCCCC(=O)OCCCCCCCCCCCCCC/C=C\CCCCCCCCCCC(=O)NC(CO)C(O)/C=C/CCCCCCCCCCCCCCCCCCCCC. The van der Waals surface area contributed by atoms with Gasteiger partial charge in [-0.2, -0.15) is 0 Å². The second kappa shape index (κ2) is 68.3. The van der Waals surface area contributed by atoms with Crippen molar-refractivity contribution in [3.8, 4) is 0 Å². The molecule has 0 aromatic carbocycles. The Kier molecular flexibility index (Phi) is 66.4. The molecule has 0 heterocycles. The van der Waals surface area contributed by atoms with Crippen molar-refractivity contribution in [3.05, 3.63) is 48.6 Å². The van der Waals surface area contributed by atoms with E-state index < -0.39 is 12.1 Å². The predicted molar refractivity (Wildman–Crippen MR) is 347 cm³/mol. The third-order valence-electron chi connectivity index (χ3n) is 16.3. The van der Waals surface area contributed by atoms with E-state index >= 15 is 0 Å². The third-order valence-corrected chi connectivity index (χ3v) is 16.3. The Labute approximate surface area is 493 Å². The molecule has 0 aromatic rings. The van der Waals surface area contributed by atoms with Crippen LogP contribution < -0.4 is 5.32 Å². The molecule has 0 saturated heterocycles. The van der Waals surface area contributed by atoms with Gasteiger partial charge in [-0.25, -0.2) is 0 Å². The van der Waals surface area contributed by atoms with Crippen molar-refractivity contribution >= 4 is 11.9 Å². The molecule has 0 aromatic heterocycles. The van der Waals surface area contributed by atoms with Crippen LogP contribution in [0.5, 0.6) is 0 Å². The van der Waals surface area contributed by atoms with E-state index in [9.17, 15) is 19.8 Å². The molecular formula is C73H137NO5. The number of amides is 1. The zero-order chi connectivity index (χ0) is 57.1. The summed E-state index contributed by atoms with van der Waals surface area (Å²) in [6.07, 6.45) is 88.9. The molecule has 0 spiro atoms. The topological polar surface area (TPSA) is 95.9 Å². The molecule has 0 aliphatic heterocycles. The van der Waals surface area contributed by atoms with Crippen LogP contribution in [0.2, 0.25) is 0 Å². The second-order valence-corrected chi connectivity index (χ2v) is 24.2. The summed E-state index contributed by atoms with van der Waals surface area (Å²) in [7, 11) is 0. The molecule has 1 amide bonds. The summed E-state index contributed by atoms with van der Waals surface area (Å²) in [5.74, 6) is -0.0651. The highest BCUT2D eigenvalue weighted by Gasteiger charge is 2.18. The van der Waals surface area contributed by atoms with Gasteiger partial charge in [0.15, 0.2) is 0 Å². The zero-order valence-corrected chi connectivity index (χ0v) is 53.1. The molecule has 6 heteroatoms. The molecule has 0 bridgehead atoms. The number of unbranched alkanes of at least 4 members (excludes halogenated alkanes) is 49. The molecule has 0 rings (SSSR count). The van der Waals surface area contributed by atoms with Crippen LogP contribution >= 0.6 is 0 Å². The Morgan fingerprint density at radius 2 is 0.633 bits per heavy atom. The molecule has 79 heavy (non-hydrogen) atoms. The van der Waals surface area contributed by atoms with Crippen molar-refractivity contribution in [3.63, 3.8) is 0 Å². The largest absolute Gasteiger partial charge is 0.466 e. The van der Waals surface area contributed by atoms with Gasteiger partial charge in [0, 0.05) is 12.8 Å². The van der Waals surface area contributed by atoms with Crippen molar-refractivity contribution in [2.75, 3.05) is 13.2 Å². The summed E-state index contributed by atoms with van der Waals surface area (Å²) in [6.45, 7) is 4.90. The lowest BCUT2D eigenvalue weighted by molar-refractivity contribution is -0.143. The van der Waals surface area contributed by atoms with Crippen molar-refractivity contribution in [1.82, 2.24) is 5.32 Å². The maximum Gasteiger partial charge on any atom is 0.305 e. The van der Waals surface area contributed by atoms with Crippen LogP contribution in [0.4, 0.5) is 0 Å². The van der Waals surface area contributed by atoms with Crippen LogP contribution in [0, 0.1) is 0 Å². The van der Waals surface area contributed by atoms with E-state index in [-0.39, 0.29) is 18.5 Å². The number of ether oxygens (including phenoxy) is 1. The number of carbonyl (C=O) groups is 2. The van der Waals surface area contributed by atoms with E-state index in [1.165, 1.54) is 302 Å². The lowest BCUT2D eigenvalue weighted by Crippen LogP contribution is -2.45. The first kappa shape index (κ1) is 76.8. The summed E-state index contributed by atoms with van der Waals surface area (Å²) >= 11 is 0. The molecule has 0 saturated carbocycles. The predicted octanol–water partition coefficient (Wildman–Crippen LogP) is 22.9. The molecule has 0 fully saturated rings. The number of allylic oxidation sites excluding steroid dienone is 7. The molecule has 0 radical (unpaired) electrons. The molecule has 0 aliphatic rings. The van der Waals surface area contributed by atoms with Gasteiger partial charge in [-0.3, -0.25) is 9.59 Å². The molecule has 3 N–H and O–H groups in total. The maximum absolute atomic E-state index is 12.5. The fourth-order valence-corrected chi connectivity index (χ4v) is 10.9. The van der Waals surface area contributed by atoms with Crippen molar-refractivity contribution in [2.45, 2.75) is 392 Å². The number of hydrogen-bond acceptors (Lipinski definition) is 5. The Balaban J connectivity index is 3.43. The molecule has 464 valence electrons. The average molecular weight is 1110 g/mol. The van der Waals surface area contributed by atoms with Crippen LogP contribution in [0.1, 0.15) is 380 Å².